The number of hydrogen-bond acceptors (Lipinski definition) is 4. The van der Waals surface area contributed by atoms with Crippen LogP contribution in [0.25, 0.3) is 0 Å². The first-order chi connectivity index (χ1) is 12.7. The van der Waals surface area contributed by atoms with Crippen LogP contribution in [0, 0.1) is 11.6 Å². The van der Waals surface area contributed by atoms with E-state index in [1.807, 2.05) is 0 Å². The van der Waals surface area contributed by atoms with Gasteiger partial charge in [-0.2, -0.15) is 4.31 Å². The van der Waals surface area contributed by atoms with Gasteiger partial charge in [-0.3, -0.25) is 0 Å². The summed E-state index contributed by atoms with van der Waals surface area (Å²) in [6, 6.07) is 8.35. The van der Waals surface area contributed by atoms with E-state index in [2.05, 4.69) is 0 Å². The van der Waals surface area contributed by atoms with Crippen LogP contribution in [0.15, 0.2) is 47.4 Å². The number of ether oxygens (including phenoxy) is 1. The van der Waals surface area contributed by atoms with E-state index >= 15 is 0 Å². The molecule has 0 heterocycles. The van der Waals surface area contributed by atoms with E-state index in [1.54, 1.807) is 20.8 Å². The molecule has 0 unspecified atom stereocenters. The van der Waals surface area contributed by atoms with E-state index in [1.165, 1.54) is 28.6 Å². The molecule has 0 aliphatic heterocycles. The van der Waals surface area contributed by atoms with Gasteiger partial charge in [0.25, 0.3) is 0 Å². The molecule has 0 N–H and O–H groups in total. The molecular weight excluding hydrogens is 376 g/mol. The Balaban J connectivity index is 2.30. The Hall–Kier alpha value is -2.32. The van der Waals surface area contributed by atoms with E-state index in [9.17, 15) is 22.0 Å². The lowest BCUT2D eigenvalue weighted by molar-refractivity contribution is 0.0332. The van der Waals surface area contributed by atoms with Gasteiger partial charge in [0.1, 0.15) is 17.7 Å². The number of esters is 1. The maximum Gasteiger partial charge on any atom is 0.341 e. The molecule has 0 radical (unpaired) electrons. The summed E-state index contributed by atoms with van der Waals surface area (Å²) in [5.74, 6) is -2.32. The zero-order valence-corrected chi connectivity index (χ0v) is 16.1. The molecule has 2 aromatic rings. The first-order valence-corrected chi connectivity index (χ1v) is 9.90. The first-order valence-electron chi connectivity index (χ1n) is 8.46. The summed E-state index contributed by atoms with van der Waals surface area (Å²) in [4.78, 5) is 12.2. The van der Waals surface area contributed by atoms with Gasteiger partial charge in [0.2, 0.25) is 10.0 Å². The third-order valence-corrected chi connectivity index (χ3v) is 6.17. The lowest BCUT2D eigenvalue weighted by atomic mass is 10.1. The maximum absolute atomic E-state index is 14.1. The molecule has 0 spiro atoms. The van der Waals surface area contributed by atoms with Gasteiger partial charge in [-0.15, -0.1) is 0 Å². The van der Waals surface area contributed by atoms with Crippen molar-refractivity contribution in [2.75, 3.05) is 13.1 Å². The van der Waals surface area contributed by atoms with Crippen LogP contribution in [-0.2, 0) is 14.8 Å². The predicted molar refractivity (Wildman–Crippen MR) is 96.7 cm³/mol. The Bertz CT molecular complexity index is 910. The second kappa shape index (κ2) is 8.58. The molecule has 1 atom stereocenters. The van der Waals surface area contributed by atoms with Crippen LogP contribution in [-0.4, -0.2) is 31.8 Å². The zero-order valence-electron chi connectivity index (χ0n) is 15.3. The Morgan fingerprint density at radius 3 is 2.22 bits per heavy atom. The average molecular weight is 397 g/mol. The SMILES string of the molecule is CCN(CC)S(=O)(=O)c1ccc(F)c(C(=O)O[C@H](C)c2ccc(F)cc2)c1. The molecule has 8 heteroatoms. The standard InChI is InChI=1S/C19H21F2NO4S/c1-4-22(5-2)27(24,25)16-10-11-18(21)17(12-16)19(23)26-13(3)14-6-8-15(20)9-7-14/h6-13H,4-5H2,1-3H3/t13-/m1/s1. The molecular formula is C19H21F2NO4S. The highest BCUT2D eigenvalue weighted by molar-refractivity contribution is 7.89. The third-order valence-electron chi connectivity index (χ3n) is 4.12. The lowest BCUT2D eigenvalue weighted by Gasteiger charge is -2.19. The number of sulfonamides is 1. The normalized spacial score (nSPS) is 12.8. The molecule has 0 aromatic heterocycles. The van der Waals surface area contributed by atoms with Gasteiger partial charge in [-0.05, 0) is 42.8 Å². The maximum atomic E-state index is 14.1. The number of halogens is 2. The second-order valence-electron chi connectivity index (χ2n) is 5.83. The fourth-order valence-corrected chi connectivity index (χ4v) is 4.04. The van der Waals surface area contributed by atoms with Crippen LogP contribution < -0.4 is 0 Å². The summed E-state index contributed by atoms with van der Waals surface area (Å²) >= 11 is 0. The summed E-state index contributed by atoms with van der Waals surface area (Å²) in [5.41, 5.74) is 0.0502. The van der Waals surface area contributed by atoms with Crippen molar-refractivity contribution in [1.82, 2.24) is 4.31 Å². The number of carbonyl (C=O) groups is 1. The minimum atomic E-state index is -3.84. The number of hydrogen-bond donors (Lipinski definition) is 0. The molecule has 0 aliphatic carbocycles. The quantitative estimate of drug-likeness (QED) is 0.665. The number of carbonyl (C=O) groups excluding carboxylic acids is 1. The van der Waals surface area contributed by atoms with Crippen molar-refractivity contribution >= 4 is 16.0 Å². The van der Waals surface area contributed by atoms with Gasteiger partial charge in [0.05, 0.1) is 10.5 Å². The first kappa shape index (κ1) is 21.0. The van der Waals surface area contributed by atoms with Crippen molar-refractivity contribution in [2.45, 2.75) is 31.8 Å². The zero-order chi connectivity index (χ0) is 20.2. The molecule has 2 rings (SSSR count). The molecule has 146 valence electrons. The Labute approximate surface area is 157 Å². The Morgan fingerprint density at radius 1 is 1.07 bits per heavy atom. The summed E-state index contributed by atoms with van der Waals surface area (Å²) < 4.78 is 58.7. The van der Waals surface area contributed by atoms with E-state index in [0.29, 0.717) is 5.56 Å². The van der Waals surface area contributed by atoms with E-state index in [4.69, 9.17) is 4.74 Å². The molecule has 0 saturated heterocycles. The van der Waals surface area contributed by atoms with Crippen LogP contribution in [0.4, 0.5) is 8.78 Å². The van der Waals surface area contributed by atoms with E-state index in [0.717, 1.165) is 18.2 Å². The fraction of sp³-hybridized carbons (Fsp3) is 0.316. The molecule has 5 nitrogen and oxygen atoms in total. The van der Waals surface area contributed by atoms with Gasteiger partial charge in [0.15, 0.2) is 0 Å². The predicted octanol–water partition coefficient (Wildman–Crippen LogP) is 3.91. The molecule has 0 aliphatic rings. The highest BCUT2D eigenvalue weighted by Crippen LogP contribution is 2.23. The summed E-state index contributed by atoms with van der Waals surface area (Å²) in [6.45, 7) is 5.42. The van der Waals surface area contributed by atoms with Crippen molar-refractivity contribution in [3.63, 3.8) is 0 Å². The van der Waals surface area contributed by atoms with Crippen LogP contribution in [0.3, 0.4) is 0 Å². The van der Waals surface area contributed by atoms with Gasteiger partial charge < -0.3 is 4.74 Å². The number of benzene rings is 2. The second-order valence-corrected chi connectivity index (χ2v) is 7.77. The molecule has 27 heavy (non-hydrogen) atoms. The Kier molecular flexibility index (Phi) is 6.67. The van der Waals surface area contributed by atoms with Crippen molar-refractivity contribution < 1.29 is 26.7 Å². The highest BCUT2D eigenvalue weighted by atomic mass is 32.2. The summed E-state index contributed by atoms with van der Waals surface area (Å²) in [7, 11) is -3.84. The Morgan fingerprint density at radius 2 is 1.67 bits per heavy atom. The number of nitrogens with zero attached hydrogens (tertiary/aromatic N) is 1. The molecule has 0 fully saturated rings. The van der Waals surface area contributed by atoms with Crippen LogP contribution in [0.2, 0.25) is 0 Å². The largest absolute Gasteiger partial charge is 0.454 e. The lowest BCUT2D eigenvalue weighted by Crippen LogP contribution is -2.30. The van der Waals surface area contributed by atoms with Gasteiger partial charge in [-0.25, -0.2) is 22.0 Å². The minimum absolute atomic E-state index is 0.186. The van der Waals surface area contributed by atoms with Gasteiger partial charge >= 0.3 is 5.97 Å². The average Bonchev–Trinajstić information content (AvgIpc) is 2.63. The van der Waals surface area contributed by atoms with E-state index in [-0.39, 0.29) is 18.0 Å². The summed E-state index contributed by atoms with van der Waals surface area (Å²) in [6.07, 6.45) is -0.763. The molecule has 0 bridgehead atoms. The molecule has 2 aromatic carbocycles. The van der Waals surface area contributed by atoms with Gasteiger partial charge in [0, 0.05) is 13.1 Å². The molecule has 0 amide bonds. The van der Waals surface area contributed by atoms with Crippen molar-refractivity contribution in [3.8, 4) is 0 Å². The third kappa shape index (κ3) is 4.70. The van der Waals surface area contributed by atoms with Crippen LogP contribution in [0.5, 0.6) is 0 Å². The van der Waals surface area contributed by atoms with E-state index < -0.39 is 39.3 Å². The fourth-order valence-electron chi connectivity index (χ4n) is 2.56. The van der Waals surface area contributed by atoms with Crippen molar-refractivity contribution in [3.05, 3.63) is 65.2 Å². The molecule has 0 saturated carbocycles. The minimum Gasteiger partial charge on any atom is -0.454 e. The van der Waals surface area contributed by atoms with Crippen molar-refractivity contribution in [2.24, 2.45) is 0 Å². The van der Waals surface area contributed by atoms with Gasteiger partial charge in [-0.1, -0.05) is 26.0 Å². The smallest absolute Gasteiger partial charge is 0.341 e. The number of rotatable bonds is 7. The van der Waals surface area contributed by atoms with Crippen LogP contribution in [0.1, 0.15) is 42.8 Å². The summed E-state index contributed by atoms with van der Waals surface area (Å²) in [5, 5.41) is 0. The highest BCUT2D eigenvalue weighted by Gasteiger charge is 2.25. The van der Waals surface area contributed by atoms with Crippen LogP contribution >= 0.6 is 0 Å². The topological polar surface area (TPSA) is 63.7 Å². The van der Waals surface area contributed by atoms with Crippen molar-refractivity contribution in [1.29, 1.82) is 0 Å². The monoisotopic (exact) mass is 397 g/mol.